The van der Waals surface area contributed by atoms with Crippen molar-refractivity contribution in [2.45, 2.75) is 12.8 Å². The minimum atomic E-state index is 0.0229. The number of ether oxygens (including phenoxy) is 2. The van der Waals surface area contributed by atoms with Crippen LogP contribution in [0.4, 0.5) is 5.69 Å². The normalized spacial score (nSPS) is 10.1. The highest BCUT2D eigenvalue weighted by molar-refractivity contribution is 5.76. The van der Waals surface area contributed by atoms with Crippen molar-refractivity contribution in [3.05, 3.63) is 54.1 Å². The summed E-state index contributed by atoms with van der Waals surface area (Å²) in [7, 11) is 3.21. The Morgan fingerprint density at radius 1 is 0.958 bits per heavy atom. The highest BCUT2D eigenvalue weighted by Crippen LogP contribution is 2.31. The average molecular weight is 328 g/mol. The lowest BCUT2D eigenvalue weighted by atomic mass is 10.1. The van der Waals surface area contributed by atoms with E-state index in [2.05, 4.69) is 10.6 Å². The molecule has 0 unspecified atom stereocenters. The van der Waals surface area contributed by atoms with Gasteiger partial charge in [0.25, 0.3) is 0 Å². The van der Waals surface area contributed by atoms with Gasteiger partial charge in [0.05, 0.1) is 14.2 Å². The number of carbonyl (C=O) groups is 1. The van der Waals surface area contributed by atoms with Gasteiger partial charge in [0, 0.05) is 25.2 Å². The first-order valence-corrected chi connectivity index (χ1v) is 8.00. The van der Waals surface area contributed by atoms with Crippen LogP contribution in [0.15, 0.2) is 48.5 Å². The number of hydrogen-bond donors (Lipinski definition) is 2. The van der Waals surface area contributed by atoms with Crippen molar-refractivity contribution in [1.82, 2.24) is 5.32 Å². The van der Waals surface area contributed by atoms with Gasteiger partial charge in [-0.15, -0.1) is 0 Å². The highest BCUT2D eigenvalue weighted by atomic mass is 16.5. The average Bonchev–Trinajstić information content (AvgIpc) is 2.63. The van der Waals surface area contributed by atoms with E-state index in [1.165, 1.54) is 0 Å². The molecule has 2 rings (SSSR count). The smallest absolute Gasteiger partial charge is 0.220 e. The molecule has 0 aliphatic heterocycles. The van der Waals surface area contributed by atoms with Crippen molar-refractivity contribution < 1.29 is 14.3 Å². The van der Waals surface area contributed by atoms with Gasteiger partial charge >= 0.3 is 0 Å². The Hall–Kier alpha value is -2.69. The zero-order valence-electron chi connectivity index (χ0n) is 14.2. The first kappa shape index (κ1) is 17.7. The van der Waals surface area contributed by atoms with Gasteiger partial charge in [0.1, 0.15) is 0 Å². The fourth-order valence-corrected chi connectivity index (χ4v) is 2.45. The quantitative estimate of drug-likeness (QED) is 0.695. The molecule has 2 aromatic rings. The van der Waals surface area contributed by atoms with Gasteiger partial charge in [-0.05, 0) is 30.2 Å². The first-order chi connectivity index (χ1) is 11.7. The molecule has 24 heavy (non-hydrogen) atoms. The van der Waals surface area contributed by atoms with Crippen molar-refractivity contribution >= 4 is 11.6 Å². The van der Waals surface area contributed by atoms with E-state index in [4.69, 9.17) is 9.47 Å². The Bertz CT molecular complexity index is 644. The third-order valence-electron chi connectivity index (χ3n) is 3.66. The monoisotopic (exact) mass is 328 g/mol. The molecule has 0 aromatic heterocycles. The summed E-state index contributed by atoms with van der Waals surface area (Å²) >= 11 is 0. The van der Waals surface area contributed by atoms with Crippen molar-refractivity contribution in [1.29, 1.82) is 0 Å². The summed E-state index contributed by atoms with van der Waals surface area (Å²) in [6.45, 7) is 1.28. The summed E-state index contributed by atoms with van der Waals surface area (Å²) in [6, 6.07) is 15.6. The Kier molecular flexibility index (Phi) is 6.95. The molecule has 0 radical (unpaired) electrons. The van der Waals surface area contributed by atoms with Gasteiger partial charge in [-0.3, -0.25) is 4.79 Å². The Balaban J connectivity index is 1.73. The molecule has 0 bridgehead atoms. The highest BCUT2D eigenvalue weighted by Gasteiger charge is 2.10. The molecule has 0 saturated carbocycles. The van der Waals surface area contributed by atoms with Crippen LogP contribution in [-0.2, 0) is 11.2 Å². The molecule has 128 valence electrons. The SMILES string of the molecule is COc1cccc(CCC(=O)NCCNc2ccccc2)c1OC. The largest absolute Gasteiger partial charge is 0.493 e. The maximum absolute atomic E-state index is 12.0. The van der Waals surface area contributed by atoms with Crippen LogP contribution in [0.3, 0.4) is 0 Å². The van der Waals surface area contributed by atoms with Crippen LogP contribution < -0.4 is 20.1 Å². The second-order valence-electron chi connectivity index (χ2n) is 5.30. The number of hydrogen-bond acceptors (Lipinski definition) is 4. The molecule has 0 atom stereocenters. The lowest BCUT2D eigenvalue weighted by molar-refractivity contribution is -0.120. The fraction of sp³-hybridized carbons (Fsp3) is 0.316. The lowest BCUT2D eigenvalue weighted by Gasteiger charge is -2.12. The number of anilines is 1. The number of nitrogens with one attached hydrogen (secondary N) is 2. The van der Waals surface area contributed by atoms with E-state index in [1.54, 1.807) is 14.2 Å². The zero-order chi connectivity index (χ0) is 17.2. The molecular formula is C19H24N2O3. The van der Waals surface area contributed by atoms with E-state index in [1.807, 2.05) is 48.5 Å². The summed E-state index contributed by atoms with van der Waals surface area (Å²) in [5.74, 6) is 1.40. The Labute approximate surface area is 143 Å². The number of carbonyl (C=O) groups excluding carboxylic acids is 1. The third kappa shape index (κ3) is 5.19. The summed E-state index contributed by atoms with van der Waals surface area (Å²) in [4.78, 5) is 12.0. The van der Waals surface area contributed by atoms with Crippen molar-refractivity contribution in [3.63, 3.8) is 0 Å². The topological polar surface area (TPSA) is 59.6 Å². The Morgan fingerprint density at radius 2 is 1.75 bits per heavy atom. The summed E-state index contributed by atoms with van der Waals surface area (Å²) in [5.41, 5.74) is 2.02. The first-order valence-electron chi connectivity index (χ1n) is 8.00. The third-order valence-corrected chi connectivity index (χ3v) is 3.66. The number of aryl methyl sites for hydroxylation is 1. The molecule has 1 amide bonds. The van der Waals surface area contributed by atoms with E-state index in [-0.39, 0.29) is 5.91 Å². The Morgan fingerprint density at radius 3 is 2.46 bits per heavy atom. The number of rotatable bonds is 9. The molecular weight excluding hydrogens is 304 g/mol. The lowest BCUT2D eigenvalue weighted by Crippen LogP contribution is -2.28. The summed E-state index contributed by atoms with van der Waals surface area (Å²) < 4.78 is 10.7. The van der Waals surface area contributed by atoms with Crippen molar-refractivity contribution in [3.8, 4) is 11.5 Å². The molecule has 0 heterocycles. The number of amides is 1. The zero-order valence-corrected chi connectivity index (χ0v) is 14.2. The van der Waals surface area contributed by atoms with Gasteiger partial charge in [0.2, 0.25) is 5.91 Å². The van der Waals surface area contributed by atoms with Crippen LogP contribution in [0.25, 0.3) is 0 Å². The molecule has 0 fully saturated rings. The van der Waals surface area contributed by atoms with Gasteiger partial charge in [-0.2, -0.15) is 0 Å². The van der Waals surface area contributed by atoms with Crippen LogP contribution in [-0.4, -0.2) is 33.2 Å². The summed E-state index contributed by atoms with van der Waals surface area (Å²) in [6.07, 6.45) is 1.02. The standard InChI is InChI=1S/C19H24N2O3/c1-23-17-10-6-7-15(19(17)24-2)11-12-18(22)21-14-13-20-16-8-4-3-5-9-16/h3-10,20H,11-14H2,1-2H3,(H,21,22). The predicted octanol–water partition coefficient (Wildman–Crippen LogP) is 2.86. The van der Waals surface area contributed by atoms with E-state index >= 15 is 0 Å². The van der Waals surface area contributed by atoms with Gasteiger partial charge in [0.15, 0.2) is 11.5 Å². The number of benzene rings is 2. The van der Waals surface area contributed by atoms with Gasteiger partial charge in [-0.25, -0.2) is 0 Å². The predicted molar refractivity (Wildman–Crippen MR) is 95.8 cm³/mol. The maximum atomic E-state index is 12.0. The maximum Gasteiger partial charge on any atom is 0.220 e. The second kappa shape index (κ2) is 9.45. The van der Waals surface area contributed by atoms with E-state index in [0.717, 1.165) is 11.3 Å². The molecule has 0 aliphatic rings. The van der Waals surface area contributed by atoms with E-state index < -0.39 is 0 Å². The fourth-order valence-electron chi connectivity index (χ4n) is 2.45. The molecule has 0 aliphatic carbocycles. The minimum Gasteiger partial charge on any atom is -0.493 e. The van der Waals surface area contributed by atoms with Gasteiger partial charge < -0.3 is 20.1 Å². The van der Waals surface area contributed by atoms with Crippen molar-refractivity contribution in [2.75, 3.05) is 32.6 Å². The number of para-hydroxylation sites is 2. The van der Waals surface area contributed by atoms with E-state index in [0.29, 0.717) is 37.4 Å². The van der Waals surface area contributed by atoms with Crippen LogP contribution >= 0.6 is 0 Å². The van der Waals surface area contributed by atoms with E-state index in [9.17, 15) is 4.79 Å². The molecule has 0 spiro atoms. The minimum absolute atomic E-state index is 0.0229. The van der Waals surface area contributed by atoms with Crippen LogP contribution in [0.2, 0.25) is 0 Å². The molecule has 5 nitrogen and oxygen atoms in total. The van der Waals surface area contributed by atoms with Crippen LogP contribution in [0.1, 0.15) is 12.0 Å². The van der Waals surface area contributed by atoms with Crippen LogP contribution in [0, 0.1) is 0 Å². The molecule has 5 heteroatoms. The molecule has 2 aromatic carbocycles. The molecule has 2 N–H and O–H groups in total. The van der Waals surface area contributed by atoms with Gasteiger partial charge in [-0.1, -0.05) is 30.3 Å². The number of methoxy groups -OCH3 is 2. The van der Waals surface area contributed by atoms with Crippen molar-refractivity contribution in [2.24, 2.45) is 0 Å². The molecule has 0 saturated heterocycles. The second-order valence-corrected chi connectivity index (χ2v) is 5.30. The summed E-state index contributed by atoms with van der Waals surface area (Å²) in [5, 5.41) is 6.17. The van der Waals surface area contributed by atoms with Crippen LogP contribution in [0.5, 0.6) is 11.5 Å².